The average molecular weight is 267 g/mol. The van der Waals surface area contributed by atoms with Gasteiger partial charge >= 0.3 is 5.97 Å². The topological polar surface area (TPSA) is 83.9 Å². The molecule has 104 valence electrons. The third kappa shape index (κ3) is 1.23. The number of ether oxygens (including phenoxy) is 1. The minimum atomic E-state index is -1.01. The zero-order valence-corrected chi connectivity index (χ0v) is 11.0. The predicted molar refractivity (Wildman–Crippen MR) is 63.1 cm³/mol. The Morgan fingerprint density at radius 2 is 1.74 bits per heavy atom. The second-order valence-electron chi connectivity index (χ2n) is 6.00. The van der Waals surface area contributed by atoms with E-state index in [2.05, 4.69) is 0 Å². The van der Waals surface area contributed by atoms with Gasteiger partial charge in [-0.25, -0.2) is 0 Å². The van der Waals surface area contributed by atoms with Gasteiger partial charge in [-0.05, 0) is 26.7 Å². The molecule has 19 heavy (non-hydrogen) atoms. The molecule has 0 aromatic rings. The quantitative estimate of drug-likeness (QED) is 0.748. The first-order valence-corrected chi connectivity index (χ1v) is 6.57. The lowest BCUT2D eigenvalue weighted by atomic mass is 9.59. The van der Waals surface area contributed by atoms with E-state index in [0.29, 0.717) is 0 Å². The van der Waals surface area contributed by atoms with Gasteiger partial charge in [-0.15, -0.1) is 0 Å². The number of hydrogen-bond acceptors (Lipinski definition) is 4. The Bertz CT molecular complexity index is 455. The van der Waals surface area contributed by atoms with E-state index in [9.17, 15) is 14.4 Å². The maximum atomic E-state index is 12.6. The third-order valence-electron chi connectivity index (χ3n) is 5.31. The van der Waals surface area contributed by atoms with Crippen molar-refractivity contribution in [1.29, 1.82) is 0 Å². The lowest BCUT2D eigenvalue weighted by Gasteiger charge is -2.36. The Morgan fingerprint density at radius 3 is 2.16 bits per heavy atom. The number of nitrogens with zero attached hydrogens (tertiary/aromatic N) is 1. The van der Waals surface area contributed by atoms with Crippen molar-refractivity contribution in [3.05, 3.63) is 0 Å². The summed E-state index contributed by atoms with van der Waals surface area (Å²) in [6.45, 7) is 3.53. The maximum Gasteiger partial charge on any atom is 0.305 e. The zero-order valence-electron chi connectivity index (χ0n) is 11.0. The lowest BCUT2D eigenvalue weighted by molar-refractivity contribution is -0.146. The van der Waals surface area contributed by atoms with Gasteiger partial charge in [0.25, 0.3) is 0 Å². The van der Waals surface area contributed by atoms with Crippen LogP contribution in [0.25, 0.3) is 0 Å². The van der Waals surface area contributed by atoms with Crippen molar-refractivity contribution < 1.29 is 24.2 Å². The van der Waals surface area contributed by atoms with Crippen LogP contribution in [0.3, 0.4) is 0 Å². The number of rotatable bonds is 3. The highest BCUT2D eigenvalue weighted by molar-refractivity contribution is 6.10. The van der Waals surface area contributed by atoms with Gasteiger partial charge in [0.05, 0.1) is 29.5 Å². The van der Waals surface area contributed by atoms with Gasteiger partial charge in [0.2, 0.25) is 11.8 Å². The molecule has 3 saturated heterocycles. The van der Waals surface area contributed by atoms with Crippen LogP contribution in [0.1, 0.15) is 33.1 Å². The van der Waals surface area contributed by atoms with Crippen LogP contribution < -0.4 is 0 Å². The minimum absolute atomic E-state index is 0.0440. The Balaban J connectivity index is 1.96. The van der Waals surface area contributed by atoms with Gasteiger partial charge in [-0.1, -0.05) is 0 Å². The summed E-state index contributed by atoms with van der Waals surface area (Å²) in [5.74, 6) is -1.55. The smallest absolute Gasteiger partial charge is 0.305 e. The highest BCUT2D eigenvalue weighted by Gasteiger charge is 2.76. The monoisotopic (exact) mass is 267 g/mol. The molecular weight excluding hydrogens is 250 g/mol. The fourth-order valence-electron chi connectivity index (χ4n) is 3.94. The van der Waals surface area contributed by atoms with Crippen LogP contribution in [0, 0.1) is 10.8 Å². The second kappa shape index (κ2) is 3.56. The molecule has 0 spiro atoms. The second-order valence-corrected chi connectivity index (χ2v) is 6.00. The Hall–Kier alpha value is -1.43. The van der Waals surface area contributed by atoms with Crippen molar-refractivity contribution in [2.75, 3.05) is 6.54 Å². The Labute approximate surface area is 110 Å². The number of fused-ring (bicyclic) bond motifs is 5. The first kappa shape index (κ1) is 12.6. The van der Waals surface area contributed by atoms with E-state index >= 15 is 0 Å². The zero-order chi connectivity index (χ0) is 14.0. The molecular formula is C13H17NO5. The molecule has 3 fully saturated rings. The van der Waals surface area contributed by atoms with Crippen molar-refractivity contribution in [1.82, 2.24) is 4.90 Å². The summed E-state index contributed by atoms with van der Waals surface area (Å²) < 4.78 is 5.78. The molecule has 0 aliphatic carbocycles. The normalized spacial score (nSPS) is 44.0. The van der Waals surface area contributed by atoms with Crippen molar-refractivity contribution in [2.45, 2.75) is 45.3 Å². The summed E-state index contributed by atoms with van der Waals surface area (Å²) in [6, 6.07) is 0. The number of hydrogen-bond donors (Lipinski definition) is 1. The molecule has 4 atom stereocenters. The average Bonchev–Trinajstić information content (AvgIpc) is 2.95. The molecule has 0 aromatic carbocycles. The van der Waals surface area contributed by atoms with Crippen LogP contribution in [-0.2, 0) is 19.1 Å². The molecule has 3 heterocycles. The Morgan fingerprint density at radius 1 is 1.26 bits per heavy atom. The van der Waals surface area contributed by atoms with Gasteiger partial charge in [-0.2, -0.15) is 0 Å². The standard InChI is InChI=1S/C13H17NO5/c1-12-7-3-4-8(19-7)13(12,2)11(18)14(10(12)17)6-5-9(15)16/h7-8H,3-6H2,1-2H3,(H,15,16). The number of aliphatic carboxylic acids is 1. The largest absolute Gasteiger partial charge is 0.481 e. The molecule has 3 aliphatic rings. The van der Waals surface area contributed by atoms with Crippen molar-refractivity contribution >= 4 is 17.8 Å². The van der Waals surface area contributed by atoms with Crippen LogP contribution in [0.2, 0.25) is 0 Å². The van der Waals surface area contributed by atoms with Crippen LogP contribution in [0.4, 0.5) is 0 Å². The lowest BCUT2D eigenvalue weighted by Crippen LogP contribution is -2.48. The van der Waals surface area contributed by atoms with Crippen LogP contribution >= 0.6 is 0 Å². The van der Waals surface area contributed by atoms with Crippen molar-refractivity contribution in [2.24, 2.45) is 10.8 Å². The number of likely N-dealkylation sites (tertiary alicyclic amines) is 1. The molecule has 3 rings (SSSR count). The fourth-order valence-corrected chi connectivity index (χ4v) is 3.94. The molecule has 0 saturated carbocycles. The number of carbonyl (C=O) groups excluding carboxylic acids is 2. The number of imide groups is 1. The van der Waals surface area contributed by atoms with E-state index in [4.69, 9.17) is 9.84 Å². The summed E-state index contributed by atoms with van der Waals surface area (Å²) in [5.41, 5.74) is -1.66. The molecule has 6 heteroatoms. The first-order chi connectivity index (χ1) is 8.83. The van der Waals surface area contributed by atoms with Crippen molar-refractivity contribution in [3.63, 3.8) is 0 Å². The van der Waals surface area contributed by atoms with Gasteiger partial charge < -0.3 is 9.84 Å². The molecule has 4 unspecified atom stereocenters. The fraction of sp³-hybridized carbons (Fsp3) is 0.769. The molecule has 2 bridgehead atoms. The number of carbonyl (C=O) groups is 3. The SMILES string of the molecule is CC12C(=O)N(CCC(=O)O)C(=O)C1(C)C1CCC2O1. The summed E-state index contributed by atoms with van der Waals surface area (Å²) in [4.78, 5) is 36.9. The highest BCUT2D eigenvalue weighted by Crippen LogP contribution is 2.64. The van der Waals surface area contributed by atoms with E-state index in [0.717, 1.165) is 17.7 Å². The number of carboxylic acid groups (broad SMARTS) is 1. The molecule has 0 aromatic heterocycles. The molecule has 6 nitrogen and oxygen atoms in total. The summed E-state index contributed by atoms with van der Waals surface area (Å²) in [5, 5.41) is 8.72. The van der Waals surface area contributed by atoms with E-state index in [-0.39, 0.29) is 37.0 Å². The summed E-state index contributed by atoms with van der Waals surface area (Å²) >= 11 is 0. The maximum absolute atomic E-state index is 12.6. The van der Waals surface area contributed by atoms with E-state index < -0.39 is 16.8 Å². The third-order valence-corrected chi connectivity index (χ3v) is 5.31. The van der Waals surface area contributed by atoms with E-state index in [1.807, 2.05) is 0 Å². The van der Waals surface area contributed by atoms with Gasteiger partial charge in [-0.3, -0.25) is 19.3 Å². The molecule has 3 aliphatic heterocycles. The number of amides is 2. The number of carboxylic acids is 1. The van der Waals surface area contributed by atoms with E-state index in [1.54, 1.807) is 13.8 Å². The van der Waals surface area contributed by atoms with Crippen LogP contribution in [0.5, 0.6) is 0 Å². The van der Waals surface area contributed by atoms with Crippen LogP contribution in [0.15, 0.2) is 0 Å². The molecule has 0 radical (unpaired) electrons. The van der Waals surface area contributed by atoms with Gasteiger partial charge in [0, 0.05) is 6.54 Å². The minimum Gasteiger partial charge on any atom is -0.481 e. The Kier molecular flexibility index (Phi) is 2.36. The van der Waals surface area contributed by atoms with Gasteiger partial charge in [0.1, 0.15) is 0 Å². The van der Waals surface area contributed by atoms with Gasteiger partial charge in [0.15, 0.2) is 0 Å². The van der Waals surface area contributed by atoms with Crippen LogP contribution in [-0.4, -0.2) is 46.5 Å². The summed E-state index contributed by atoms with van der Waals surface area (Å²) in [7, 11) is 0. The molecule has 1 N–H and O–H groups in total. The van der Waals surface area contributed by atoms with Crippen molar-refractivity contribution in [3.8, 4) is 0 Å². The summed E-state index contributed by atoms with van der Waals surface area (Å²) in [6.07, 6.45) is 0.952. The first-order valence-electron chi connectivity index (χ1n) is 6.57. The highest BCUT2D eigenvalue weighted by atomic mass is 16.5. The van der Waals surface area contributed by atoms with E-state index in [1.165, 1.54) is 0 Å². The predicted octanol–water partition coefficient (Wildman–Crippen LogP) is 0.404. The molecule has 2 amide bonds.